The fraction of sp³-hybridized carbons (Fsp3) is 0.600. The van der Waals surface area contributed by atoms with Gasteiger partial charge in [0.2, 0.25) is 10.0 Å². The molecule has 0 spiro atoms. The third-order valence-electron chi connectivity index (χ3n) is 4.21. The molecule has 1 aliphatic heterocycles. The summed E-state index contributed by atoms with van der Waals surface area (Å²) in [6, 6.07) is 7.13. The normalized spacial score (nSPS) is 27.0. The van der Waals surface area contributed by atoms with Crippen molar-refractivity contribution in [3.05, 3.63) is 29.8 Å². The number of ether oxygens (including phenoxy) is 1. The molecule has 116 valence electrons. The Bertz CT molecular complexity index is 612. The van der Waals surface area contributed by atoms with Crippen LogP contribution in [0.15, 0.2) is 24.3 Å². The van der Waals surface area contributed by atoms with Gasteiger partial charge in [-0.15, -0.1) is 0 Å². The van der Waals surface area contributed by atoms with E-state index in [9.17, 15) is 13.5 Å². The molecule has 1 heterocycles. The summed E-state index contributed by atoms with van der Waals surface area (Å²) in [5.74, 6) is 1.22. The van der Waals surface area contributed by atoms with E-state index in [-0.39, 0.29) is 18.3 Å². The van der Waals surface area contributed by atoms with Gasteiger partial charge in [-0.1, -0.05) is 12.1 Å². The molecule has 0 amide bonds. The molecular weight excluding hydrogens is 290 g/mol. The van der Waals surface area contributed by atoms with E-state index < -0.39 is 16.1 Å². The van der Waals surface area contributed by atoms with Crippen molar-refractivity contribution >= 4 is 10.0 Å². The third kappa shape index (κ3) is 3.22. The minimum atomic E-state index is -3.31. The van der Waals surface area contributed by atoms with Crippen LogP contribution in [-0.2, 0) is 10.0 Å². The second kappa shape index (κ2) is 5.59. The minimum Gasteiger partial charge on any atom is -0.497 e. The van der Waals surface area contributed by atoms with E-state index in [1.165, 1.54) is 4.31 Å². The van der Waals surface area contributed by atoms with Crippen molar-refractivity contribution in [2.75, 3.05) is 19.4 Å². The number of methoxy groups -OCH3 is 1. The first-order chi connectivity index (χ1) is 9.99. The number of hydrogen-bond acceptors (Lipinski definition) is 4. The summed E-state index contributed by atoms with van der Waals surface area (Å²) in [5.41, 5.74) is 0.880. The molecule has 5 nitrogen and oxygen atoms in total. The summed E-state index contributed by atoms with van der Waals surface area (Å²) >= 11 is 0. The number of aliphatic hydroxyl groups excluding tert-OH is 1. The molecule has 3 rings (SSSR count). The van der Waals surface area contributed by atoms with Crippen LogP contribution in [0.3, 0.4) is 0 Å². The monoisotopic (exact) mass is 311 g/mol. The summed E-state index contributed by atoms with van der Waals surface area (Å²) in [6.45, 7) is 0.191. The fourth-order valence-electron chi connectivity index (χ4n) is 2.92. The van der Waals surface area contributed by atoms with E-state index >= 15 is 0 Å². The van der Waals surface area contributed by atoms with Gasteiger partial charge in [-0.25, -0.2) is 8.42 Å². The average molecular weight is 311 g/mol. The van der Waals surface area contributed by atoms with Gasteiger partial charge in [0.25, 0.3) is 0 Å². The highest BCUT2D eigenvalue weighted by Crippen LogP contribution is 2.38. The zero-order valence-electron chi connectivity index (χ0n) is 12.1. The average Bonchev–Trinajstić information content (AvgIpc) is 3.16. The van der Waals surface area contributed by atoms with Crippen LogP contribution in [0.5, 0.6) is 5.75 Å². The maximum atomic E-state index is 12.6. The van der Waals surface area contributed by atoms with Crippen LogP contribution in [0.2, 0.25) is 0 Å². The Kier molecular flexibility index (Phi) is 3.94. The first-order valence-electron chi connectivity index (χ1n) is 7.31. The first-order valence-corrected chi connectivity index (χ1v) is 8.92. The van der Waals surface area contributed by atoms with Crippen molar-refractivity contribution in [2.24, 2.45) is 5.92 Å². The highest BCUT2D eigenvalue weighted by molar-refractivity contribution is 7.89. The minimum absolute atomic E-state index is 0.191. The lowest BCUT2D eigenvalue weighted by Gasteiger charge is -2.24. The van der Waals surface area contributed by atoms with Gasteiger partial charge in [-0.2, -0.15) is 4.31 Å². The predicted octanol–water partition coefficient (Wildman–Crippen LogP) is 1.54. The van der Waals surface area contributed by atoms with Gasteiger partial charge in [-0.3, -0.25) is 0 Å². The van der Waals surface area contributed by atoms with Gasteiger partial charge in [0.15, 0.2) is 0 Å². The van der Waals surface area contributed by atoms with Crippen LogP contribution in [0, 0.1) is 5.92 Å². The van der Waals surface area contributed by atoms with Crippen molar-refractivity contribution in [1.82, 2.24) is 4.31 Å². The molecule has 1 aliphatic carbocycles. The van der Waals surface area contributed by atoms with E-state index in [1.54, 1.807) is 7.11 Å². The molecule has 2 atom stereocenters. The molecule has 1 saturated carbocycles. The van der Waals surface area contributed by atoms with E-state index in [0.29, 0.717) is 18.1 Å². The molecule has 21 heavy (non-hydrogen) atoms. The van der Waals surface area contributed by atoms with Crippen LogP contribution in [-0.4, -0.2) is 43.3 Å². The number of benzene rings is 1. The molecule has 1 aromatic rings. The fourth-order valence-corrected chi connectivity index (χ4v) is 5.04. The summed E-state index contributed by atoms with van der Waals surface area (Å²) in [6.07, 6.45) is 1.84. The Morgan fingerprint density at radius 2 is 2.14 bits per heavy atom. The van der Waals surface area contributed by atoms with Crippen LogP contribution in [0.25, 0.3) is 0 Å². The Morgan fingerprint density at radius 1 is 1.38 bits per heavy atom. The number of β-amino-alcohol motifs (C(OH)–C–C–N with tert-alkyl or cyclic N) is 1. The highest BCUT2D eigenvalue weighted by Gasteiger charge is 2.41. The van der Waals surface area contributed by atoms with Gasteiger partial charge >= 0.3 is 0 Å². The summed E-state index contributed by atoms with van der Waals surface area (Å²) in [7, 11) is -1.73. The van der Waals surface area contributed by atoms with E-state index in [1.807, 2.05) is 24.3 Å². The molecule has 0 radical (unpaired) electrons. The van der Waals surface area contributed by atoms with Crippen LogP contribution in [0.4, 0.5) is 0 Å². The summed E-state index contributed by atoms with van der Waals surface area (Å²) in [5, 5.41) is 9.93. The zero-order valence-corrected chi connectivity index (χ0v) is 12.9. The summed E-state index contributed by atoms with van der Waals surface area (Å²) < 4.78 is 31.8. The predicted molar refractivity (Wildman–Crippen MR) is 79.6 cm³/mol. The largest absolute Gasteiger partial charge is 0.497 e. The molecule has 0 unspecified atom stereocenters. The van der Waals surface area contributed by atoms with Crippen molar-refractivity contribution < 1.29 is 18.3 Å². The lowest BCUT2D eigenvalue weighted by Crippen LogP contribution is -2.34. The molecule has 1 aromatic carbocycles. The molecule has 0 aromatic heterocycles. The van der Waals surface area contributed by atoms with E-state index in [0.717, 1.165) is 18.4 Å². The topological polar surface area (TPSA) is 66.8 Å². The number of rotatable bonds is 5. The number of nitrogens with zero attached hydrogens (tertiary/aromatic N) is 1. The van der Waals surface area contributed by atoms with E-state index in [4.69, 9.17) is 4.74 Å². The van der Waals surface area contributed by atoms with Crippen molar-refractivity contribution in [3.63, 3.8) is 0 Å². The van der Waals surface area contributed by atoms with Gasteiger partial charge in [0, 0.05) is 6.54 Å². The maximum absolute atomic E-state index is 12.6. The number of sulfonamides is 1. The van der Waals surface area contributed by atoms with Gasteiger partial charge < -0.3 is 9.84 Å². The quantitative estimate of drug-likeness (QED) is 0.896. The second-order valence-electron chi connectivity index (χ2n) is 5.97. The van der Waals surface area contributed by atoms with Gasteiger partial charge in [-0.05, 0) is 42.9 Å². The molecule has 1 N–H and O–H groups in total. The first kappa shape index (κ1) is 14.8. The second-order valence-corrected chi connectivity index (χ2v) is 7.94. The number of aliphatic hydroxyl groups is 1. The number of hydrogen-bond donors (Lipinski definition) is 1. The van der Waals surface area contributed by atoms with Gasteiger partial charge in [0.1, 0.15) is 5.75 Å². The molecule has 2 fully saturated rings. The smallest absolute Gasteiger partial charge is 0.215 e. The maximum Gasteiger partial charge on any atom is 0.215 e. The lowest BCUT2D eigenvalue weighted by atomic mass is 10.0. The SMILES string of the molecule is COc1cccc([C@@H]2C[C@@H](O)CN2S(=O)(=O)CC2CC2)c1. The molecule has 0 bridgehead atoms. The molecule has 1 saturated heterocycles. The Morgan fingerprint density at radius 3 is 2.81 bits per heavy atom. The Labute approximate surface area is 125 Å². The molecule has 2 aliphatic rings. The highest BCUT2D eigenvalue weighted by atomic mass is 32.2. The summed E-state index contributed by atoms with van der Waals surface area (Å²) in [4.78, 5) is 0. The van der Waals surface area contributed by atoms with Crippen LogP contribution in [0.1, 0.15) is 30.9 Å². The molecular formula is C15H21NO4S. The standard InChI is InChI=1S/C15H21NO4S/c1-20-14-4-2-3-12(7-14)15-8-13(17)9-16(15)21(18,19)10-11-5-6-11/h2-4,7,11,13,15,17H,5-6,8-10H2,1H3/t13-,15+/m1/s1. The van der Waals surface area contributed by atoms with Crippen LogP contribution >= 0.6 is 0 Å². The van der Waals surface area contributed by atoms with Crippen molar-refractivity contribution in [2.45, 2.75) is 31.4 Å². The Balaban J connectivity index is 1.87. The van der Waals surface area contributed by atoms with Gasteiger partial charge in [0.05, 0.1) is 25.0 Å². The lowest BCUT2D eigenvalue weighted by molar-refractivity contribution is 0.188. The van der Waals surface area contributed by atoms with E-state index in [2.05, 4.69) is 0 Å². The van der Waals surface area contributed by atoms with Crippen molar-refractivity contribution in [1.29, 1.82) is 0 Å². The van der Waals surface area contributed by atoms with Crippen molar-refractivity contribution in [3.8, 4) is 5.75 Å². The molecule has 6 heteroatoms. The zero-order chi connectivity index (χ0) is 15.0. The van der Waals surface area contributed by atoms with Crippen LogP contribution < -0.4 is 4.74 Å². The Hall–Kier alpha value is -1.11. The third-order valence-corrected chi connectivity index (χ3v) is 6.22.